The second kappa shape index (κ2) is 5.70. The van der Waals surface area contributed by atoms with Crippen LogP contribution >= 0.6 is 22.9 Å². The molecule has 1 aliphatic rings. The summed E-state index contributed by atoms with van der Waals surface area (Å²) in [5, 5.41) is 4.01. The summed E-state index contributed by atoms with van der Waals surface area (Å²) in [5.41, 5.74) is 8.47. The van der Waals surface area contributed by atoms with Gasteiger partial charge in [0.2, 0.25) is 0 Å². The summed E-state index contributed by atoms with van der Waals surface area (Å²) in [5.74, 6) is 0.502. The Kier molecular flexibility index (Phi) is 3.91. The SMILES string of the molecule is CC1CCc2c(sc(N)c2C(=O)Nc2ccccc2Cl)C1. The predicted molar refractivity (Wildman–Crippen MR) is 89.3 cm³/mol. The van der Waals surface area contributed by atoms with E-state index >= 15 is 0 Å². The van der Waals surface area contributed by atoms with Crippen molar-refractivity contribution in [3.8, 4) is 0 Å². The lowest BCUT2D eigenvalue weighted by atomic mass is 9.88. The van der Waals surface area contributed by atoms with Gasteiger partial charge in [0.15, 0.2) is 0 Å². The molecule has 0 bridgehead atoms. The summed E-state index contributed by atoms with van der Waals surface area (Å²) in [6, 6.07) is 7.22. The van der Waals surface area contributed by atoms with Crippen molar-refractivity contribution in [2.24, 2.45) is 5.92 Å². The lowest BCUT2D eigenvalue weighted by Crippen LogP contribution is -2.17. The summed E-state index contributed by atoms with van der Waals surface area (Å²) in [7, 11) is 0. The number of nitrogens with one attached hydrogen (secondary N) is 1. The molecule has 0 saturated heterocycles. The number of benzene rings is 1. The van der Waals surface area contributed by atoms with Crippen LogP contribution in [0.1, 0.15) is 34.1 Å². The van der Waals surface area contributed by atoms with Gasteiger partial charge in [0.05, 0.1) is 21.3 Å². The standard InChI is InChI=1S/C16H17ClN2OS/c1-9-6-7-10-13(8-9)21-15(18)14(10)16(20)19-12-5-3-2-4-11(12)17/h2-5,9H,6-8,18H2,1H3,(H,19,20). The van der Waals surface area contributed by atoms with Gasteiger partial charge in [-0.1, -0.05) is 30.7 Å². The molecule has 1 aliphatic carbocycles. The quantitative estimate of drug-likeness (QED) is 0.863. The lowest BCUT2D eigenvalue weighted by molar-refractivity contribution is 0.102. The van der Waals surface area contributed by atoms with Crippen molar-refractivity contribution < 1.29 is 4.79 Å². The first-order valence-corrected chi connectivity index (χ1v) is 8.21. The van der Waals surface area contributed by atoms with Crippen molar-refractivity contribution in [1.29, 1.82) is 0 Å². The minimum atomic E-state index is -0.160. The molecule has 1 atom stereocenters. The van der Waals surface area contributed by atoms with Gasteiger partial charge >= 0.3 is 0 Å². The molecule has 1 amide bonds. The Bertz CT molecular complexity index is 696. The van der Waals surface area contributed by atoms with E-state index in [1.165, 1.54) is 4.88 Å². The van der Waals surface area contributed by atoms with Crippen molar-refractivity contribution in [1.82, 2.24) is 0 Å². The maximum Gasteiger partial charge on any atom is 0.258 e. The van der Waals surface area contributed by atoms with Crippen molar-refractivity contribution in [3.05, 3.63) is 45.3 Å². The van der Waals surface area contributed by atoms with E-state index in [-0.39, 0.29) is 5.91 Å². The molecule has 0 spiro atoms. The number of halogens is 1. The number of carbonyl (C=O) groups is 1. The highest BCUT2D eigenvalue weighted by atomic mass is 35.5. The van der Waals surface area contributed by atoms with Crippen molar-refractivity contribution in [3.63, 3.8) is 0 Å². The molecule has 3 rings (SSSR count). The number of amides is 1. The molecule has 21 heavy (non-hydrogen) atoms. The number of nitrogen functional groups attached to an aromatic ring is 1. The summed E-state index contributed by atoms with van der Waals surface area (Å²) >= 11 is 7.64. The van der Waals surface area contributed by atoms with E-state index in [0.29, 0.717) is 27.2 Å². The molecule has 1 aromatic carbocycles. The Balaban J connectivity index is 1.91. The zero-order valence-electron chi connectivity index (χ0n) is 11.8. The minimum Gasteiger partial charge on any atom is -0.390 e. The van der Waals surface area contributed by atoms with E-state index < -0.39 is 0 Å². The molecule has 0 radical (unpaired) electrons. The number of hydrogen-bond donors (Lipinski definition) is 2. The number of nitrogens with two attached hydrogens (primary N) is 1. The van der Waals surface area contributed by atoms with E-state index in [1.54, 1.807) is 23.5 Å². The Morgan fingerprint density at radius 1 is 1.43 bits per heavy atom. The van der Waals surface area contributed by atoms with Crippen molar-refractivity contribution in [2.75, 3.05) is 11.1 Å². The Morgan fingerprint density at radius 3 is 2.95 bits per heavy atom. The van der Waals surface area contributed by atoms with Gasteiger partial charge in [-0.05, 0) is 42.9 Å². The van der Waals surface area contributed by atoms with Crippen LogP contribution in [-0.4, -0.2) is 5.91 Å². The zero-order chi connectivity index (χ0) is 15.0. The fourth-order valence-electron chi connectivity index (χ4n) is 2.77. The van der Waals surface area contributed by atoms with Gasteiger partial charge < -0.3 is 11.1 Å². The fourth-order valence-corrected chi connectivity index (χ4v) is 4.23. The average Bonchev–Trinajstić information content (AvgIpc) is 2.76. The molecule has 1 aromatic heterocycles. The topological polar surface area (TPSA) is 55.1 Å². The molecular formula is C16H17ClN2OS. The fraction of sp³-hybridized carbons (Fsp3) is 0.312. The van der Waals surface area contributed by atoms with E-state index in [9.17, 15) is 4.79 Å². The third-order valence-corrected chi connectivity index (χ3v) is 5.30. The molecule has 0 fully saturated rings. The van der Waals surface area contributed by atoms with Gasteiger partial charge in [-0.15, -0.1) is 11.3 Å². The maximum atomic E-state index is 12.6. The van der Waals surface area contributed by atoms with E-state index in [4.69, 9.17) is 17.3 Å². The first kappa shape index (κ1) is 14.4. The molecule has 3 N–H and O–H groups in total. The Morgan fingerprint density at radius 2 is 2.19 bits per heavy atom. The van der Waals surface area contributed by atoms with Gasteiger partial charge in [-0.3, -0.25) is 4.79 Å². The number of para-hydroxylation sites is 1. The third kappa shape index (κ3) is 2.78. The number of rotatable bonds is 2. The predicted octanol–water partition coefficient (Wildman–Crippen LogP) is 4.36. The van der Waals surface area contributed by atoms with Crippen LogP contribution in [0.15, 0.2) is 24.3 Å². The van der Waals surface area contributed by atoms with Crippen molar-refractivity contribution in [2.45, 2.75) is 26.2 Å². The third-order valence-electron chi connectivity index (χ3n) is 3.89. The van der Waals surface area contributed by atoms with Crippen molar-refractivity contribution >= 4 is 39.5 Å². The molecular weight excluding hydrogens is 304 g/mol. The summed E-state index contributed by atoms with van der Waals surface area (Å²) in [6.45, 7) is 2.24. The van der Waals surface area contributed by atoms with E-state index in [0.717, 1.165) is 24.8 Å². The number of hydrogen-bond acceptors (Lipinski definition) is 3. The van der Waals surface area contributed by atoms with Crippen LogP contribution in [0.4, 0.5) is 10.7 Å². The smallest absolute Gasteiger partial charge is 0.258 e. The van der Waals surface area contributed by atoms with E-state index in [1.807, 2.05) is 12.1 Å². The molecule has 1 heterocycles. The highest BCUT2D eigenvalue weighted by Crippen LogP contribution is 2.38. The summed E-state index contributed by atoms with van der Waals surface area (Å²) < 4.78 is 0. The van der Waals surface area contributed by atoms with Crippen LogP contribution in [0.25, 0.3) is 0 Å². The molecule has 1 unspecified atom stereocenters. The molecule has 0 saturated carbocycles. The normalized spacial score (nSPS) is 17.3. The van der Waals surface area contributed by atoms with Gasteiger partial charge in [0.25, 0.3) is 5.91 Å². The zero-order valence-corrected chi connectivity index (χ0v) is 13.4. The average molecular weight is 321 g/mol. The second-order valence-electron chi connectivity index (χ2n) is 5.52. The van der Waals surface area contributed by atoms with Gasteiger partial charge in [0, 0.05) is 4.88 Å². The second-order valence-corrected chi connectivity index (χ2v) is 7.07. The van der Waals surface area contributed by atoms with Gasteiger partial charge in [0.1, 0.15) is 0 Å². The molecule has 5 heteroatoms. The highest BCUT2D eigenvalue weighted by molar-refractivity contribution is 7.16. The number of thiophene rings is 1. The first-order valence-electron chi connectivity index (χ1n) is 7.02. The molecule has 0 aliphatic heterocycles. The summed E-state index contributed by atoms with van der Waals surface area (Å²) in [6.07, 6.45) is 3.05. The summed E-state index contributed by atoms with van der Waals surface area (Å²) in [4.78, 5) is 13.8. The monoisotopic (exact) mass is 320 g/mol. The number of fused-ring (bicyclic) bond motifs is 1. The van der Waals surface area contributed by atoms with Crippen LogP contribution in [0.2, 0.25) is 5.02 Å². The molecule has 2 aromatic rings. The Labute approximate surface area is 133 Å². The highest BCUT2D eigenvalue weighted by Gasteiger charge is 2.26. The van der Waals surface area contributed by atoms with Crippen LogP contribution in [-0.2, 0) is 12.8 Å². The van der Waals surface area contributed by atoms with Gasteiger partial charge in [-0.2, -0.15) is 0 Å². The maximum absolute atomic E-state index is 12.6. The van der Waals surface area contributed by atoms with Gasteiger partial charge in [-0.25, -0.2) is 0 Å². The minimum absolute atomic E-state index is 0.160. The molecule has 3 nitrogen and oxygen atoms in total. The van der Waals surface area contributed by atoms with Crippen LogP contribution in [0, 0.1) is 5.92 Å². The number of carbonyl (C=O) groups excluding carboxylic acids is 1. The lowest BCUT2D eigenvalue weighted by Gasteiger charge is -2.18. The van der Waals surface area contributed by atoms with Crippen LogP contribution in [0.3, 0.4) is 0 Å². The van der Waals surface area contributed by atoms with E-state index in [2.05, 4.69) is 12.2 Å². The Hall–Kier alpha value is -1.52. The largest absolute Gasteiger partial charge is 0.390 e. The molecule has 110 valence electrons. The number of anilines is 2. The van der Waals surface area contributed by atoms with Crippen LogP contribution < -0.4 is 11.1 Å². The first-order chi connectivity index (χ1) is 10.1. The van der Waals surface area contributed by atoms with Crippen LogP contribution in [0.5, 0.6) is 0 Å².